The number of nitrogens with zero attached hydrogens (tertiary/aromatic N) is 2. The lowest BCUT2D eigenvalue weighted by Crippen LogP contribution is -2.49. The van der Waals surface area contributed by atoms with E-state index in [1.165, 1.54) is 0 Å². The molecule has 2 rings (SSSR count). The van der Waals surface area contributed by atoms with E-state index in [1.54, 1.807) is 0 Å². The molecule has 0 amide bonds. The summed E-state index contributed by atoms with van der Waals surface area (Å²) in [5.41, 5.74) is 1.14. The highest BCUT2D eigenvalue weighted by molar-refractivity contribution is 14.0. The zero-order valence-corrected chi connectivity index (χ0v) is 17.6. The average Bonchev–Trinajstić information content (AvgIpc) is 2.88. The second-order valence-corrected chi connectivity index (χ2v) is 6.01. The quantitative estimate of drug-likeness (QED) is 0.396. The maximum absolute atomic E-state index is 5.56. The molecule has 0 aromatic carbocycles. The molecule has 0 saturated carbocycles. The molecule has 0 bridgehead atoms. The van der Waals surface area contributed by atoms with Crippen LogP contribution >= 0.6 is 24.0 Å². The number of ether oxygens (including phenoxy) is 1. The van der Waals surface area contributed by atoms with Crippen LogP contribution in [0.5, 0.6) is 0 Å². The largest absolute Gasteiger partial charge is 0.466 e. The molecule has 1 aromatic rings. The molecule has 1 saturated heterocycles. The first kappa shape index (κ1) is 21.2. The highest BCUT2D eigenvalue weighted by atomic mass is 127. The Kier molecular flexibility index (Phi) is 9.68. The van der Waals surface area contributed by atoms with E-state index in [4.69, 9.17) is 9.15 Å². The van der Waals surface area contributed by atoms with E-state index in [9.17, 15) is 0 Å². The first-order chi connectivity index (χ1) is 11.1. The molecule has 0 aliphatic carbocycles. The highest BCUT2D eigenvalue weighted by Crippen LogP contribution is 2.14. The van der Waals surface area contributed by atoms with Crippen LogP contribution in [0, 0.1) is 13.8 Å². The van der Waals surface area contributed by atoms with Crippen molar-refractivity contribution in [1.29, 1.82) is 0 Å². The Morgan fingerprint density at radius 2 is 2.00 bits per heavy atom. The van der Waals surface area contributed by atoms with Crippen molar-refractivity contribution in [2.45, 2.75) is 40.3 Å². The number of furan rings is 1. The Hall–Kier alpha value is -0.800. The molecule has 1 aliphatic rings. The van der Waals surface area contributed by atoms with E-state index in [0.717, 1.165) is 62.4 Å². The normalized spacial score (nSPS) is 17.2. The standard InChI is InChI=1S/C17H30N4O2.HI/c1-5-18-17(20-12-16-10-14(3)23-15(16)4)19-11-13(2)21-6-8-22-9-7-21;/h10,13H,5-9,11-12H2,1-4H3,(H2,18,19,20);1H. The lowest BCUT2D eigenvalue weighted by atomic mass is 10.2. The Bertz CT molecular complexity index is 513. The van der Waals surface area contributed by atoms with Crippen molar-refractivity contribution in [3.8, 4) is 0 Å². The van der Waals surface area contributed by atoms with Gasteiger partial charge in [0.05, 0.1) is 19.8 Å². The van der Waals surface area contributed by atoms with Gasteiger partial charge in [-0.05, 0) is 33.8 Å². The number of rotatable bonds is 6. The fourth-order valence-corrected chi connectivity index (χ4v) is 2.74. The summed E-state index contributed by atoms with van der Waals surface area (Å²) < 4.78 is 11.0. The van der Waals surface area contributed by atoms with E-state index in [2.05, 4.69) is 40.4 Å². The van der Waals surface area contributed by atoms with E-state index >= 15 is 0 Å². The van der Waals surface area contributed by atoms with Gasteiger partial charge < -0.3 is 19.8 Å². The molecule has 2 heterocycles. The van der Waals surface area contributed by atoms with Gasteiger partial charge in [0.1, 0.15) is 11.5 Å². The van der Waals surface area contributed by atoms with Crippen molar-refractivity contribution in [1.82, 2.24) is 15.5 Å². The van der Waals surface area contributed by atoms with Gasteiger partial charge in [-0.2, -0.15) is 0 Å². The van der Waals surface area contributed by atoms with Crippen LogP contribution in [0.25, 0.3) is 0 Å². The molecule has 7 heteroatoms. The third-order valence-electron chi connectivity index (χ3n) is 4.13. The van der Waals surface area contributed by atoms with Gasteiger partial charge in [-0.25, -0.2) is 4.99 Å². The minimum Gasteiger partial charge on any atom is -0.466 e. The average molecular weight is 450 g/mol. The SMILES string of the molecule is CCNC(=NCc1cc(C)oc1C)NCC(C)N1CCOCC1.I. The van der Waals surface area contributed by atoms with Gasteiger partial charge in [0.2, 0.25) is 0 Å². The van der Waals surface area contributed by atoms with Crippen LogP contribution in [0.15, 0.2) is 15.5 Å². The molecular formula is C17H31IN4O2. The fourth-order valence-electron chi connectivity index (χ4n) is 2.74. The Morgan fingerprint density at radius 1 is 1.29 bits per heavy atom. The fraction of sp³-hybridized carbons (Fsp3) is 0.706. The Morgan fingerprint density at radius 3 is 2.58 bits per heavy atom. The number of hydrogen-bond acceptors (Lipinski definition) is 4. The van der Waals surface area contributed by atoms with Crippen molar-refractivity contribution in [3.05, 3.63) is 23.2 Å². The maximum atomic E-state index is 5.56. The predicted octanol–water partition coefficient (Wildman–Crippen LogP) is 2.29. The summed E-state index contributed by atoms with van der Waals surface area (Å²) in [5.74, 6) is 2.74. The topological polar surface area (TPSA) is 62.0 Å². The van der Waals surface area contributed by atoms with E-state index in [0.29, 0.717) is 12.6 Å². The molecular weight excluding hydrogens is 419 g/mol. The van der Waals surface area contributed by atoms with Crippen LogP contribution in [0.4, 0.5) is 0 Å². The second kappa shape index (κ2) is 10.9. The number of aryl methyl sites for hydroxylation is 2. The van der Waals surface area contributed by atoms with Crippen LogP contribution in [0.2, 0.25) is 0 Å². The summed E-state index contributed by atoms with van der Waals surface area (Å²) in [5, 5.41) is 6.74. The van der Waals surface area contributed by atoms with E-state index in [-0.39, 0.29) is 24.0 Å². The lowest BCUT2D eigenvalue weighted by Gasteiger charge is -2.32. The molecule has 0 radical (unpaired) electrons. The summed E-state index contributed by atoms with van der Waals surface area (Å²) in [6.45, 7) is 14.3. The van der Waals surface area contributed by atoms with Crippen LogP contribution in [0.3, 0.4) is 0 Å². The van der Waals surface area contributed by atoms with Gasteiger partial charge in [0.15, 0.2) is 5.96 Å². The molecule has 1 fully saturated rings. The molecule has 1 aromatic heterocycles. The van der Waals surface area contributed by atoms with Crippen molar-refractivity contribution in [2.24, 2.45) is 4.99 Å². The van der Waals surface area contributed by atoms with Gasteiger partial charge in [-0.1, -0.05) is 0 Å². The van der Waals surface area contributed by atoms with Crippen LogP contribution in [-0.4, -0.2) is 56.3 Å². The highest BCUT2D eigenvalue weighted by Gasteiger charge is 2.17. The second-order valence-electron chi connectivity index (χ2n) is 6.01. The number of nitrogens with one attached hydrogen (secondary N) is 2. The molecule has 6 nitrogen and oxygen atoms in total. The zero-order valence-electron chi connectivity index (χ0n) is 15.2. The number of aliphatic imine (C=N–C) groups is 1. The predicted molar refractivity (Wildman–Crippen MR) is 108 cm³/mol. The number of halogens is 1. The smallest absolute Gasteiger partial charge is 0.191 e. The first-order valence-electron chi connectivity index (χ1n) is 8.50. The minimum atomic E-state index is 0. The number of hydrogen-bond donors (Lipinski definition) is 2. The third-order valence-corrected chi connectivity index (χ3v) is 4.13. The van der Waals surface area contributed by atoms with Gasteiger partial charge in [-0.15, -0.1) is 24.0 Å². The third kappa shape index (κ3) is 6.60. The van der Waals surface area contributed by atoms with Gasteiger partial charge >= 0.3 is 0 Å². The van der Waals surface area contributed by atoms with Crippen molar-refractivity contribution < 1.29 is 9.15 Å². The maximum Gasteiger partial charge on any atom is 0.191 e. The number of morpholine rings is 1. The summed E-state index contributed by atoms with van der Waals surface area (Å²) in [7, 11) is 0. The van der Waals surface area contributed by atoms with Gasteiger partial charge in [-0.3, -0.25) is 4.90 Å². The molecule has 1 unspecified atom stereocenters. The van der Waals surface area contributed by atoms with Gasteiger partial charge in [0, 0.05) is 37.8 Å². The summed E-state index contributed by atoms with van der Waals surface area (Å²) in [6, 6.07) is 2.51. The van der Waals surface area contributed by atoms with E-state index in [1.807, 2.05) is 13.8 Å². The van der Waals surface area contributed by atoms with Gasteiger partial charge in [0.25, 0.3) is 0 Å². The molecule has 24 heavy (non-hydrogen) atoms. The van der Waals surface area contributed by atoms with Crippen LogP contribution in [0.1, 0.15) is 30.9 Å². The lowest BCUT2D eigenvalue weighted by molar-refractivity contribution is 0.0211. The summed E-state index contributed by atoms with van der Waals surface area (Å²) in [6.07, 6.45) is 0. The van der Waals surface area contributed by atoms with E-state index < -0.39 is 0 Å². The summed E-state index contributed by atoms with van der Waals surface area (Å²) in [4.78, 5) is 7.11. The molecule has 1 atom stereocenters. The summed E-state index contributed by atoms with van der Waals surface area (Å²) >= 11 is 0. The van der Waals surface area contributed by atoms with Crippen LogP contribution < -0.4 is 10.6 Å². The molecule has 2 N–H and O–H groups in total. The molecule has 138 valence electrons. The zero-order chi connectivity index (χ0) is 16.7. The molecule has 1 aliphatic heterocycles. The number of guanidine groups is 1. The first-order valence-corrected chi connectivity index (χ1v) is 8.50. The van der Waals surface area contributed by atoms with Crippen molar-refractivity contribution >= 4 is 29.9 Å². The van der Waals surface area contributed by atoms with Crippen molar-refractivity contribution in [2.75, 3.05) is 39.4 Å². The monoisotopic (exact) mass is 450 g/mol. The Balaban J connectivity index is 0.00000288. The Labute approximate surface area is 162 Å². The minimum absolute atomic E-state index is 0. The van der Waals surface area contributed by atoms with Crippen LogP contribution in [-0.2, 0) is 11.3 Å². The molecule has 0 spiro atoms. The van der Waals surface area contributed by atoms with Crippen molar-refractivity contribution in [3.63, 3.8) is 0 Å².